The van der Waals surface area contributed by atoms with E-state index in [-0.39, 0.29) is 13.1 Å². The van der Waals surface area contributed by atoms with Gasteiger partial charge in [0.05, 0.1) is 13.1 Å². The van der Waals surface area contributed by atoms with Crippen LogP contribution in [0, 0.1) is 0 Å². The lowest BCUT2D eigenvalue weighted by molar-refractivity contribution is -0.0904. The van der Waals surface area contributed by atoms with Crippen molar-refractivity contribution in [2.24, 2.45) is 0 Å². The molecule has 0 saturated carbocycles. The zero-order valence-electron chi connectivity index (χ0n) is 5.23. The first kappa shape index (κ1) is 7.28. The van der Waals surface area contributed by atoms with E-state index in [1.54, 1.807) is 4.31 Å². The molecule has 54 valence electrons. The van der Waals surface area contributed by atoms with Crippen LogP contribution in [0.15, 0.2) is 0 Å². The molecule has 0 unspecified atom stereocenters. The molecule has 0 bridgehead atoms. The minimum Gasteiger partial charge on any atom is -0.238 e. The molecule has 0 N–H and O–H groups in total. The van der Waals surface area contributed by atoms with Crippen molar-refractivity contribution in [2.45, 2.75) is 12.8 Å². The van der Waals surface area contributed by atoms with Crippen molar-refractivity contribution in [3.05, 3.63) is 0 Å². The predicted octanol–water partition coefficient (Wildman–Crippen LogP) is 1.61. The highest BCUT2D eigenvalue weighted by Crippen LogP contribution is 2.31. The van der Waals surface area contributed by atoms with Crippen LogP contribution in [0.4, 0.5) is 8.78 Å². The number of alkyl halides is 2. The van der Waals surface area contributed by atoms with Crippen LogP contribution in [0.25, 0.3) is 0 Å². The van der Waals surface area contributed by atoms with Gasteiger partial charge in [-0.2, -0.15) is 0 Å². The van der Waals surface area contributed by atoms with Crippen molar-refractivity contribution >= 4 is 11.9 Å². The monoisotopic (exact) mass is 153 g/mol. The smallest absolute Gasteiger partial charge is 0.238 e. The fourth-order valence-corrected chi connectivity index (χ4v) is 1.67. The summed E-state index contributed by atoms with van der Waals surface area (Å²) in [5.41, 5.74) is 0. The molecule has 1 nitrogen and oxygen atoms in total. The van der Waals surface area contributed by atoms with Gasteiger partial charge in [0.2, 0.25) is 0 Å². The molecule has 0 atom stereocenters. The van der Waals surface area contributed by atoms with Crippen LogP contribution in [0.5, 0.6) is 0 Å². The van der Waals surface area contributed by atoms with E-state index in [4.69, 9.17) is 0 Å². The molecular weight excluding hydrogens is 144 g/mol. The van der Waals surface area contributed by atoms with Gasteiger partial charge in [-0.3, -0.25) is 0 Å². The van der Waals surface area contributed by atoms with Gasteiger partial charge in [0.15, 0.2) is 0 Å². The minimum absolute atomic E-state index is 0.0640. The summed E-state index contributed by atoms with van der Waals surface area (Å²) in [7, 11) is 0. The summed E-state index contributed by atoms with van der Waals surface area (Å²) in [6.07, 6.45) is 0. The maximum atomic E-state index is 12.1. The second-order valence-corrected chi connectivity index (χ2v) is 3.42. The zero-order valence-corrected chi connectivity index (χ0v) is 6.05. The number of hydrogen-bond donors (Lipinski definition) is 0. The molecule has 0 radical (unpaired) electrons. The molecule has 0 spiro atoms. The van der Waals surface area contributed by atoms with Gasteiger partial charge in [0.1, 0.15) is 0 Å². The van der Waals surface area contributed by atoms with E-state index < -0.39 is 5.92 Å². The first-order valence-corrected chi connectivity index (χ1v) is 3.84. The third-order valence-electron chi connectivity index (χ3n) is 1.13. The highest BCUT2D eigenvalue weighted by Gasteiger charge is 2.43. The van der Waals surface area contributed by atoms with Gasteiger partial charge in [0, 0.05) is 5.75 Å². The normalized spacial score (nSPS) is 25.7. The Morgan fingerprint density at radius 1 is 1.56 bits per heavy atom. The fraction of sp³-hybridized carbons (Fsp3) is 1.00. The largest absolute Gasteiger partial charge is 0.274 e. The maximum Gasteiger partial charge on any atom is 0.274 e. The Hall–Kier alpha value is 0.170. The molecule has 9 heavy (non-hydrogen) atoms. The van der Waals surface area contributed by atoms with Gasteiger partial charge in [-0.25, -0.2) is 13.1 Å². The van der Waals surface area contributed by atoms with Crippen molar-refractivity contribution < 1.29 is 8.78 Å². The van der Waals surface area contributed by atoms with E-state index in [1.807, 2.05) is 6.92 Å². The quantitative estimate of drug-likeness (QED) is 0.554. The van der Waals surface area contributed by atoms with Crippen LogP contribution < -0.4 is 0 Å². The second kappa shape index (κ2) is 2.42. The van der Waals surface area contributed by atoms with E-state index in [0.717, 1.165) is 5.75 Å². The molecule has 0 aromatic heterocycles. The molecule has 1 aliphatic heterocycles. The van der Waals surface area contributed by atoms with Crippen molar-refractivity contribution in [1.29, 1.82) is 0 Å². The molecule has 1 heterocycles. The topological polar surface area (TPSA) is 3.24 Å². The Morgan fingerprint density at radius 2 is 2.11 bits per heavy atom. The molecule has 1 saturated heterocycles. The lowest BCUT2D eigenvalue weighted by Crippen LogP contribution is -2.52. The summed E-state index contributed by atoms with van der Waals surface area (Å²) < 4.78 is 25.8. The van der Waals surface area contributed by atoms with Crippen molar-refractivity contribution in [3.63, 3.8) is 0 Å². The molecule has 4 heteroatoms. The average molecular weight is 153 g/mol. The number of hydrogen-bond acceptors (Lipinski definition) is 2. The van der Waals surface area contributed by atoms with Gasteiger partial charge in [0.25, 0.3) is 5.92 Å². The Kier molecular flexibility index (Phi) is 1.96. The lowest BCUT2D eigenvalue weighted by atomic mass is 10.2. The standard InChI is InChI=1S/C5H9F2NS/c1-2-9-8-3-5(6,7)4-8/h2-4H2,1H3. The van der Waals surface area contributed by atoms with E-state index in [1.165, 1.54) is 11.9 Å². The van der Waals surface area contributed by atoms with Crippen LogP contribution in [0.3, 0.4) is 0 Å². The molecular formula is C5H9F2NS. The molecule has 1 aliphatic rings. The summed E-state index contributed by atoms with van der Waals surface area (Å²) in [4.78, 5) is 0. The first-order valence-electron chi connectivity index (χ1n) is 2.90. The number of nitrogens with zero attached hydrogens (tertiary/aromatic N) is 1. The molecule has 0 aromatic rings. The Balaban J connectivity index is 2.12. The summed E-state index contributed by atoms with van der Waals surface area (Å²) in [6, 6.07) is 0. The van der Waals surface area contributed by atoms with Crippen LogP contribution in [0.1, 0.15) is 6.92 Å². The van der Waals surface area contributed by atoms with Gasteiger partial charge < -0.3 is 0 Å². The average Bonchev–Trinajstić information content (AvgIpc) is 1.62. The van der Waals surface area contributed by atoms with Crippen molar-refractivity contribution in [3.8, 4) is 0 Å². The van der Waals surface area contributed by atoms with E-state index in [0.29, 0.717) is 0 Å². The van der Waals surface area contributed by atoms with Gasteiger partial charge in [-0.05, 0) is 0 Å². The summed E-state index contributed by atoms with van der Waals surface area (Å²) >= 11 is 1.47. The van der Waals surface area contributed by atoms with Crippen LogP contribution in [-0.2, 0) is 0 Å². The third kappa shape index (κ3) is 1.79. The van der Waals surface area contributed by atoms with Crippen LogP contribution in [-0.4, -0.2) is 29.1 Å². The Morgan fingerprint density at radius 3 is 2.44 bits per heavy atom. The first-order chi connectivity index (χ1) is 4.14. The lowest BCUT2D eigenvalue weighted by Gasteiger charge is -2.37. The molecule has 0 aromatic carbocycles. The SMILES string of the molecule is CCSN1CC(F)(F)C1. The third-order valence-corrected chi connectivity index (χ3v) is 2.01. The molecule has 1 fully saturated rings. The molecule has 1 rings (SSSR count). The maximum absolute atomic E-state index is 12.1. The molecule has 0 amide bonds. The van der Waals surface area contributed by atoms with Gasteiger partial charge in [-0.15, -0.1) is 0 Å². The Labute approximate surface area is 57.5 Å². The zero-order chi connectivity index (χ0) is 6.91. The highest BCUT2D eigenvalue weighted by molar-refractivity contribution is 7.97. The number of rotatable bonds is 2. The van der Waals surface area contributed by atoms with E-state index >= 15 is 0 Å². The van der Waals surface area contributed by atoms with E-state index in [2.05, 4.69) is 0 Å². The van der Waals surface area contributed by atoms with Crippen LogP contribution in [0.2, 0.25) is 0 Å². The Bertz CT molecular complexity index is 99.1. The predicted molar refractivity (Wildman–Crippen MR) is 34.7 cm³/mol. The van der Waals surface area contributed by atoms with Crippen molar-refractivity contribution in [1.82, 2.24) is 4.31 Å². The second-order valence-electron chi connectivity index (χ2n) is 2.07. The summed E-state index contributed by atoms with van der Waals surface area (Å²) in [6.45, 7) is 1.83. The fourth-order valence-electron chi connectivity index (χ4n) is 0.744. The molecule has 0 aliphatic carbocycles. The van der Waals surface area contributed by atoms with E-state index in [9.17, 15) is 8.78 Å². The van der Waals surface area contributed by atoms with Gasteiger partial charge in [-0.1, -0.05) is 18.9 Å². The van der Waals surface area contributed by atoms with Crippen LogP contribution >= 0.6 is 11.9 Å². The van der Waals surface area contributed by atoms with Gasteiger partial charge >= 0.3 is 0 Å². The number of halogens is 2. The minimum atomic E-state index is -2.40. The van der Waals surface area contributed by atoms with Crippen molar-refractivity contribution in [2.75, 3.05) is 18.8 Å². The summed E-state index contributed by atoms with van der Waals surface area (Å²) in [5, 5.41) is 0. The highest BCUT2D eigenvalue weighted by atomic mass is 32.2. The summed E-state index contributed by atoms with van der Waals surface area (Å²) in [5.74, 6) is -1.52.